The lowest BCUT2D eigenvalue weighted by Gasteiger charge is -2.31. The summed E-state index contributed by atoms with van der Waals surface area (Å²) in [6.45, 7) is 7.14. The summed E-state index contributed by atoms with van der Waals surface area (Å²) in [5, 5.41) is 10.8. The molecule has 0 aliphatic carbocycles. The Labute approximate surface area is 173 Å². The summed E-state index contributed by atoms with van der Waals surface area (Å²) in [5.41, 5.74) is 6.51. The minimum absolute atomic E-state index is 0. The molecule has 0 saturated carbocycles. The molecule has 1 aromatic heterocycles. The number of nitrogens with zero attached hydrogens (tertiary/aromatic N) is 4. The highest BCUT2D eigenvalue weighted by molar-refractivity contribution is 14.0. The predicted molar refractivity (Wildman–Crippen MR) is 114 cm³/mol. The van der Waals surface area contributed by atoms with Crippen LogP contribution >= 0.6 is 24.0 Å². The van der Waals surface area contributed by atoms with Crippen LogP contribution in [0.5, 0.6) is 0 Å². The van der Waals surface area contributed by atoms with E-state index in [1.54, 1.807) is 6.20 Å². The summed E-state index contributed by atoms with van der Waals surface area (Å²) >= 11 is 0. The molecule has 1 amide bonds. The number of guanidine groups is 1. The van der Waals surface area contributed by atoms with Crippen LogP contribution in [0.3, 0.4) is 0 Å². The third-order valence-electron chi connectivity index (χ3n) is 4.52. The molecule has 1 saturated heterocycles. The van der Waals surface area contributed by atoms with Crippen LogP contribution in [0.15, 0.2) is 17.3 Å². The SMILES string of the molecule is CCNC(=NCc1ccnn1C)NCCCN1CCCC(C(N)=O)C1.I. The van der Waals surface area contributed by atoms with E-state index < -0.39 is 0 Å². The maximum atomic E-state index is 11.3. The third kappa shape index (κ3) is 7.48. The van der Waals surface area contributed by atoms with Gasteiger partial charge in [0.05, 0.1) is 18.2 Å². The lowest BCUT2D eigenvalue weighted by atomic mass is 9.97. The smallest absolute Gasteiger partial charge is 0.221 e. The van der Waals surface area contributed by atoms with Crippen molar-refractivity contribution in [3.63, 3.8) is 0 Å². The van der Waals surface area contributed by atoms with Gasteiger partial charge in [-0.25, -0.2) is 4.99 Å². The Hall–Kier alpha value is -1.36. The number of likely N-dealkylation sites (tertiary alicyclic amines) is 1. The molecule has 4 N–H and O–H groups in total. The Bertz CT molecular complexity index is 575. The standard InChI is InChI=1S/C17H31N7O.HI/c1-3-19-17(21-12-15-7-9-22-23(15)2)20-8-5-11-24-10-4-6-14(13-24)16(18)25;/h7,9,14H,3-6,8,10-13H2,1-2H3,(H2,18,25)(H2,19,20,21);1H. The van der Waals surface area contributed by atoms with E-state index in [0.29, 0.717) is 6.54 Å². The van der Waals surface area contributed by atoms with E-state index in [-0.39, 0.29) is 35.8 Å². The molecule has 2 rings (SSSR count). The average Bonchev–Trinajstić information content (AvgIpc) is 3.01. The zero-order valence-corrected chi connectivity index (χ0v) is 18.1. The Morgan fingerprint density at radius 1 is 1.46 bits per heavy atom. The molecule has 1 unspecified atom stereocenters. The molecular formula is C17H32IN7O. The van der Waals surface area contributed by atoms with Crippen molar-refractivity contribution in [2.45, 2.75) is 32.7 Å². The second kappa shape index (κ2) is 12.1. The van der Waals surface area contributed by atoms with Gasteiger partial charge in [0, 0.05) is 32.9 Å². The molecule has 1 fully saturated rings. The highest BCUT2D eigenvalue weighted by atomic mass is 127. The fourth-order valence-corrected chi connectivity index (χ4v) is 3.06. The largest absolute Gasteiger partial charge is 0.369 e. The molecule has 26 heavy (non-hydrogen) atoms. The van der Waals surface area contributed by atoms with Gasteiger partial charge in [-0.3, -0.25) is 9.48 Å². The van der Waals surface area contributed by atoms with Crippen LogP contribution in [0.4, 0.5) is 0 Å². The van der Waals surface area contributed by atoms with Gasteiger partial charge >= 0.3 is 0 Å². The quantitative estimate of drug-likeness (QED) is 0.221. The Morgan fingerprint density at radius 3 is 2.92 bits per heavy atom. The van der Waals surface area contributed by atoms with E-state index in [9.17, 15) is 4.79 Å². The van der Waals surface area contributed by atoms with Crippen LogP contribution in [0, 0.1) is 5.92 Å². The van der Waals surface area contributed by atoms with Crippen molar-refractivity contribution in [3.8, 4) is 0 Å². The van der Waals surface area contributed by atoms with Gasteiger partial charge in [-0.2, -0.15) is 5.10 Å². The Morgan fingerprint density at radius 2 is 2.27 bits per heavy atom. The number of nitrogens with one attached hydrogen (secondary N) is 2. The maximum absolute atomic E-state index is 11.3. The number of piperidine rings is 1. The molecule has 1 aliphatic rings. The maximum Gasteiger partial charge on any atom is 0.221 e. The summed E-state index contributed by atoms with van der Waals surface area (Å²) in [7, 11) is 1.92. The van der Waals surface area contributed by atoms with Crippen molar-refractivity contribution in [1.82, 2.24) is 25.3 Å². The molecule has 0 spiro atoms. The number of aromatic nitrogens is 2. The zero-order chi connectivity index (χ0) is 18.1. The lowest BCUT2D eigenvalue weighted by molar-refractivity contribution is -0.123. The predicted octanol–water partition coefficient (Wildman–Crippen LogP) is 0.681. The number of carbonyl (C=O) groups is 1. The van der Waals surface area contributed by atoms with Gasteiger partial charge in [0.1, 0.15) is 0 Å². The average molecular weight is 477 g/mol. The molecule has 0 radical (unpaired) electrons. The molecule has 9 heteroatoms. The van der Waals surface area contributed by atoms with Gasteiger partial charge in [-0.05, 0) is 45.3 Å². The minimum Gasteiger partial charge on any atom is -0.369 e. The van der Waals surface area contributed by atoms with Crippen LogP contribution in [0.1, 0.15) is 31.9 Å². The number of hydrogen-bond acceptors (Lipinski definition) is 4. The fraction of sp³-hybridized carbons (Fsp3) is 0.706. The first-order valence-corrected chi connectivity index (χ1v) is 9.11. The highest BCUT2D eigenvalue weighted by Gasteiger charge is 2.23. The molecule has 1 aromatic rings. The summed E-state index contributed by atoms with van der Waals surface area (Å²) in [5.74, 6) is 0.663. The van der Waals surface area contributed by atoms with E-state index in [0.717, 1.165) is 63.6 Å². The molecule has 1 aliphatic heterocycles. The summed E-state index contributed by atoms with van der Waals surface area (Å²) in [6, 6.07) is 1.97. The van der Waals surface area contributed by atoms with Crippen molar-refractivity contribution in [2.75, 3.05) is 32.7 Å². The van der Waals surface area contributed by atoms with Crippen molar-refractivity contribution in [1.29, 1.82) is 0 Å². The first-order chi connectivity index (χ1) is 12.1. The van der Waals surface area contributed by atoms with Crippen LogP contribution in [0.25, 0.3) is 0 Å². The van der Waals surface area contributed by atoms with Crippen molar-refractivity contribution in [2.24, 2.45) is 23.7 Å². The fourth-order valence-electron chi connectivity index (χ4n) is 3.06. The van der Waals surface area contributed by atoms with Gasteiger partial charge < -0.3 is 21.3 Å². The van der Waals surface area contributed by atoms with Crippen LogP contribution < -0.4 is 16.4 Å². The third-order valence-corrected chi connectivity index (χ3v) is 4.52. The van der Waals surface area contributed by atoms with Gasteiger partial charge in [-0.1, -0.05) is 0 Å². The Kier molecular flexibility index (Phi) is 10.6. The topological polar surface area (TPSA) is 101 Å². The summed E-state index contributed by atoms with van der Waals surface area (Å²) in [4.78, 5) is 18.3. The van der Waals surface area contributed by atoms with Gasteiger partial charge in [0.2, 0.25) is 5.91 Å². The normalized spacial score (nSPS) is 18.2. The van der Waals surface area contributed by atoms with Crippen LogP contribution in [-0.4, -0.2) is 59.3 Å². The van der Waals surface area contributed by atoms with Crippen molar-refractivity contribution in [3.05, 3.63) is 18.0 Å². The number of aliphatic imine (C=N–C) groups is 1. The number of primary amides is 1. The molecule has 148 valence electrons. The summed E-state index contributed by atoms with van der Waals surface area (Å²) in [6.07, 6.45) is 4.76. The van der Waals surface area contributed by atoms with Gasteiger partial charge in [0.25, 0.3) is 0 Å². The van der Waals surface area contributed by atoms with E-state index in [2.05, 4.69) is 32.5 Å². The highest BCUT2D eigenvalue weighted by Crippen LogP contribution is 2.15. The van der Waals surface area contributed by atoms with E-state index >= 15 is 0 Å². The van der Waals surface area contributed by atoms with E-state index in [1.165, 1.54) is 0 Å². The lowest BCUT2D eigenvalue weighted by Crippen LogP contribution is -2.43. The second-order valence-corrected chi connectivity index (χ2v) is 6.46. The zero-order valence-electron chi connectivity index (χ0n) is 15.8. The number of halogens is 1. The molecule has 0 bridgehead atoms. The summed E-state index contributed by atoms with van der Waals surface area (Å²) < 4.78 is 1.83. The molecule has 2 heterocycles. The van der Waals surface area contributed by atoms with Crippen molar-refractivity contribution < 1.29 is 4.79 Å². The minimum atomic E-state index is -0.167. The van der Waals surface area contributed by atoms with Crippen LogP contribution in [-0.2, 0) is 18.4 Å². The van der Waals surface area contributed by atoms with Gasteiger partial charge in [-0.15, -0.1) is 24.0 Å². The number of nitrogens with two attached hydrogens (primary N) is 1. The van der Waals surface area contributed by atoms with E-state index in [1.807, 2.05) is 17.8 Å². The van der Waals surface area contributed by atoms with E-state index in [4.69, 9.17) is 5.73 Å². The number of hydrogen-bond donors (Lipinski definition) is 3. The number of carbonyl (C=O) groups excluding carboxylic acids is 1. The first kappa shape index (κ1) is 22.7. The van der Waals surface area contributed by atoms with Crippen LogP contribution in [0.2, 0.25) is 0 Å². The number of aryl methyl sites for hydroxylation is 1. The Balaban J connectivity index is 0.00000338. The molecular weight excluding hydrogens is 445 g/mol. The number of amides is 1. The molecule has 1 atom stereocenters. The number of rotatable bonds is 8. The molecule has 8 nitrogen and oxygen atoms in total. The molecule has 0 aromatic carbocycles. The van der Waals surface area contributed by atoms with Crippen molar-refractivity contribution >= 4 is 35.8 Å². The first-order valence-electron chi connectivity index (χ1n) is 9.11. The monoisotopic (exact) mass is 477 g/mol. The second-order valence-electron chi connectivity index (χ2n) is 6.46. The van der Waals surface area contributed by atoms with Gasteiger partial charge in [0.15, 0.2) is 5.96 Å².